The lowest BCUT2D eigenvalue weighted by Crippen LogP contribution is -2.61. The van der Waals surface area contributed by atoms with Gasteiger partial charge in [0.05, 0.1) is 6.61 Å². The van der Waals surface area contributed by atoms with E-state index in [1.807, 2.05) is 11.9 Å². The van der Waals surface area contributed by atoms with E-state index in [1.165, 1.54) is 0 Å². The second-order valence-electron chi connectivity index (χ2n) is 12.4. The quantitative estimate of drug-likeness (QED) is 0.295. The largest absolute Gasteiger partial charge is 0.461 e. The van der Waals surface area contributed by atoms with Gasteiger partial charge < -0.3 is 9.64 Å². The summed E-state index contributed by atoms with van der Waals surface area (Å²) in [5.41, 5.74) is -0.146. The fourth-order valence-electron chi connectivity index (χ4n) is 8.85. The molecule has 3 saturated carbocycles. The molecule has 0 spiro atoms. The van der Waals surface area contributed by atoms with E-state index in [2.05, 4.69) is 18.6 Å². The van der Waals surface area contributed by atoms with Crippen LogP contribution < -0.4 is 0 Å². The highest BCUT2D eigenvalue weighted by atomic mass is 19.4. The lowest BCUT2D eigenvalue weighted by Gasteiger charge is -2.62. The van der Waals surface area contributed by atoms with Crippen molar-refractivity contribution >= 4 is 11.9 Å². The summed E-state index contributed by atoms with van der Waals surface area (Å²) in [5.74, 6) is -14.5. The summed E-state index contributed by atoms with van der Waals surface area (Å²) in [6.45, 7) is 5.49. The van der Waals surface area contributed by atoms with Gasteiger partial charge in [-0.3, -0.25) is 4.79 Å². The van der Waals surface area contributed by atoms with Gasteiger partial charge in [-0.05, 0) is 85.4 Å². The molecule has 4 aliphatic rings. The zero-order valence-electron chi connectivity index (χ0n) is 21.6. The maximum atomic E-state index is 13.7. The molecular formula is C26H36F7NO3. The van der Waals surface area contributed by atoms with Crippen molar-refractivity contribution in [3.8, 4) is 0 Å². The lowest BCUT2D eigenvalue weighted by molar-refractivity contribution is -0.348. The monoisotopic (exact) mass is 543 g/mol. The molecular weight excluding hydrogens is 507 g/mol. The third kappa shape index (κ3) is 4.15. The molecule has 1 aliphatic heterocycles. The van der Waals surface area contributed by atoms with Crippen LogP contribution in [0.3, 0.4) is 0 Å². The number of hydrogen-bond donors (Lipinski definition) is 0. The number of nitrogens with zero attached hydrogens (tertiary/aromatic N) is 1. The van der Waals surface area contributed by atoms with Crippen LogP contribution in [-0.2, 0) is 14.3 Å². The number of carbonyl (C=O) groups excluding carboxylic acids is 2. The van der Waals surface area contributed by atoms with Gasteiger partial charge in [-0.15, -0.1) is 0 Å². The lowest BCUT2D eigenvalue weighted by atomic mass is 9.46. The fraction of sp³-hybridized carbons (Fsp3) is 0.923. The first-order valence-corrected chi connectivity index (χ1v) is 13.1. The molecule has 212 valence electrons. The van der Waals surface area contributed by atoms with Crippen LogP contribution in [0.15, 0.2) is 0 Å². The molecule has 1 heterocycles. The molecule has 11 heteroatoms. The SMILES string of the molecule is CC(COC(=O)C(F)(F)C(F)(F)C(F)(F)F)[C@H]1CC[C@H]2[C@@H]3CC[C@H]4N(C)C(=O)CC[C@]4(C)[C@H]3CC[C@]12C. The van der Waals surface area contributed by atoms with Crippen molar-refractivity contribution in [3.05, 3.63) is 0 Å². The first-order chi connectivity index (χ1) is 16.9. The van der Waals surface area contributed by atoms with Gasteiger partial charge in [-0.25, -0.2) is 4.79 Å². The van der Waals surface area contributed by atoms with Crippen LogP contribution in [-0.4, -0.2) is 54.5 Å². The minimum atomic E-state index is -6.58. The number of carbonyl (C=O) groups is 2. The van der Waals surface area contributed by atoms with Gasteiger partial charge in [-0.1, -0.05) is 20.8 Å². The highest BCUT2D eigenvalue weighted by molar-refractivity contribution is 5.79. The Hall–Kier alpha value is -1.55. The Morgan fingerprint density at radius 2 is 1.59 bits per heavy atom. The Bertz CT molecular complexity index is 924. The number of alkyl halides is 7. The number of hydrogen-bond acceptors (Lipinski definition) is 3. The van der Waals surface area contributed by atoms with Crippen molar-refractivity contribution in [2.75, 3.05) is 13.7 Å². The molecule has 0 bridgehead atoms. The summed E-state index contributed by atoms with van der Waals surface area (Å²) in [6.07, 6.45) is 0.187. The van der Waals surface area contributed by atoms with E-state index in [1.54, 1.807) is 6.92 Å². The van der Waals surface area contributed by atoms with Gasteiger partial charge in [0.25, 0.3) is 0 Å². The van der Waals surface area contributed by atoms with E-state index in [4.69, 9.17) is 0 Å². The molecule has 1 amide bonds. The molecule has 1 unspecified atom stereocenters. The fourth-order valence-corrected chi connectivity index (χ4v) is 8.85. The van der Waals surface area contributed by atoms with E-state index >= 15 is 0 Å². The second-order valence-corrected chi connectivity index (χ2v) is 12.4. The highest BCUT2D eigenvalue weighted by Gasteiger charge is 2.77. The molecule has 0 N–H and O–H groups in total. The summed E-state index contributed by atoms with van der Waals surface area (Å²) in [7, 11) is 1.89. The Morgan fingerprint density at radius 3 is 2.22 bits per heavy atom. The number of piperidine rings is 1. The topological polar surface area (TPSA) is 46.6 Å². The van der Waals surface area contributed by atoms with Crippen LogP contribution in [0.5, 0.6) is 0 Å². The predicted octanol–water partition coefficient (Wildman–Crippen LogP) is 6.48. The number of rotatable bonds is 5. The molecule has 1 saturated heterocycles. The zero-order chi connectivity index (χ0) is 27.8. The van der Waals surface area contributed by atoms with E-state index in [0.29, 0.717) is 24.2 Å². The van der Waals surface area contributed by atoms with E-state index in [-0.39, 0.29) is 28.7 Å². The predicted molar refractivity (Wildman–Crippen MR) is 120 cm³/mol. The van der Waals surface area contributed by atoms with E-state index < -0.39 is 36.5 Å². The maximum Gasteiger partial charge on any atom is 0.460 e. The summed E-state index contributed by atoms with van der Waals surface area (Å²) in [6, 6.07) is 0.214. The Labute approximate surface area is 212 Å². The van der Waals surface area contributed by atoms with Crippen molar-refractivity contribution in [3.63, 3.8) is 0 Å². The van der Waals surface area contributed by atoms with Crippen molar-refractivity contribution in [2.45, 2.75) is 96.2 Å². The smallest absolute Gasteiger partial charge is 0.460 e. The number of amides is 1. The van der Waals surface area contributed by atoms with Crippen molar-refractivity contribution in [1.29, 1.82) is 0 Å². The summed E-state index contributed by atoms with van der Waals surface area (Å²) in [5, 5.41) is 0. The minimum Gasteiger partial charge on any atom is -0.461 e. The second kappa shape index (κ2) is 9.00. The van der Waals surface area contributed by atoms with Crippen LogP contribution in [0.4, 0.5) is 30.7 Å². The van der Waals surface area contributed by atoms with Gasteiger partial charge in [0, 0.05) is 19.5 Å². The molecule has 4 rings (SSSR count). The average molecular weight is 544 g/mol. The van der Waals surface area contributed by atoms with Crippen molar-refractivity contribution in [1.82, 2.24) is 4.90 Å². The first kappa shape index (κ1) is 28.5. The van der Waals surface area contributed by atoms with Crippen molar-refractivity contribution < 1.29 is 45.1 Å². The molecule has 0 aromatic rings. The van der Waals surface area contributed by atoms with Gasteiger partial charge in [0.15, 0.2) is 0 Å². The Kier molecular flexibility index (Phi) is 6.92. The maximum absolute atomic E-state index is 13.7. The van der Waals surface area contributed by atoms with Crippen LogP contribution in [0.1, 0.15) is 72.1 Å². The van der Waals surface area contributed by atoms with Gasteiger partial charge in [-0.2, -0.15) is 30.7 Å². The molecule has 0 radical (unpaired) electrons. The van der Waals surface area contributed by atoms with Gasteiger partial charge >= 0.3 is 24.0 Å². The first-order valence-electron chi connectivity index (χ1n) is 13.1. The molecule has 37 heavy (non-hydrogen) atoms. The number of likely N-dealkylation sites (tertiary alicyclic amines) is 1. The third-order valence-electron chi connectivity index (χ3n) is 10.8. The summed E-state index contributed by atoms with van der Waals surface area (Å²) in [4.78, 5) is 25.9. The zero-order valence-corrected chi connectivity index (χ0v) is 21.6. The van der Waals surface area contributed by atoms with Crippen LogP contribution in [0, 0.1) is 40.4 Å². The van der Waals surface area contributed by atoms with Crippen LogP contribution in [0.25, 0.3) is 0 Å². The highest BCUT2D eigenvalue weighted by Crippen LogP contribution is 2.67. The molecule has 3 aliphatic carbocycles. The molecule has 4 fully saturated rings. The number of fused-ring (bicyclic) bond motifs is 5. The van der Waals surface area contributed by atoms with Gasteiger partial charge in [0.1, 0.15) is 0 Å². The van der Waals surface area contributed by atoms with Crippen LogP contribution in [0.2, 0.25) is 0 Å². The average Bonchev–Trinajstić information content (AvgIpc) is 3.16. The number of ether oxygens (including phenoxy) is 1. The number of esters is 1. The van der Waals surface area contributed by atoms with E-state index in [0.717, 1.165) is 44.9 Å². The number of halogens is 7. The molecule has 8 atom stereocenters. The Balaban J connectivity index is 1.44. The molecule has 0 aromatic heterocycles. The minimum absolute atomic E-state index is 0.0292. The summed E-state index contributed by atoms with van der Waals surface area (Å²) >= 11 is 0. The van der Waals surface area contributed by atoms with Crippen LogP contribution >= 0.6 is 0 Å². The third-order valence-corrected chi connectivity index (χ3v) is 10.8. The van der Waals surface area contributed by atoms with Gasteiger partial charge in [0.2, 0.25) is 5.91 Å². The van der Waals surface area contributed by atoms with E-state index in [9.17, 15) is 40.3 Å². The standard InChI is InChI=1S/C26H36F7NO3/c1-14(13-37-21(36)24(27,28)25(29,30)26(31,32)33)16-6-7-17-15-5-8-19-23(3,12-10-20(35)34(19)4)18(15)9-11-22(16,17)2/h14-19H,5-13H2,1-4H3/t14?,15-,16+,17-,18-,19+,22+,23+/m0/s1. The Morgan fingerprint density at radius 1 is 0.973 bits per heavy atom. The summed E-state index contributed by atoms with van der Waals surface area (Å²) < 4.78 is 95.5. The molecule has 4 nitrogen and oxygen atoms in total. The normalized spacial score (nSPS) is 39.5. The molecule has 0 aromatic carbocycles. The van der Waals surface area contributed by atoms with Crippen molar-refractivity contribution in [2.24, 2.45) is 40.4 Å².